The number of likely N-dealkylation sites (tertiary alicyclic amines) is 1. The van der Waals surface area contributed by atoms with Crippen LogP contribution in [0, 0.1) is 5.92 Å². The van der Waals surface area contributed by atoms with E-state index in [4.69, 9.17) is 43.4 Å². The van der Waals surface area contributed by atoms with E-state index >= 15 is 0 Å². The molecule has 212 valence electrons. The molecule has 0 aliphatic carbocycles. The van der Waals surface area contributed by atoms with Gasteiger partial charge in [0.15, 0.2) is 5.75 Å². The minimum Gasteiger partial charge on any atom is -0.449 e. The van der Waals surface area contributed by atoms with Gasteiger partial charge in [0.2, 0.25) is 11.8 Å². The van der Waals surface area contributed by atoms with Gasteiger partial charge in [-0.1, -0.05) is 23.2 Å². The number of hydrogen-bond donors (Lipinski definition) is 1. The summed E-state index contributed by atoms with van der Waals surface area (Å²) in [4.78, 5) is 31.6. The number of carbonyl (C=O) groups is 1. The standard InChI is InChI=1S/C28H33Cl2N7O3/c1-35-6-8-37(9-7-35)28-32-15-24(16-33-28)40-26-11-20(10-25(34-26)21-12-22(29)14-23(30)13-21)17-36-4-2-19(3-5-36)18-39-27(31)38/h10-16,19H,2-9,17-18H2,1H3,(H2,31,38). The summed E-state index contributed by atoms with van der Waals surface area (Å²) in [6.45, 7) is 6.58. The second kappa shape index (κ2) is 13.0. The van der Waals surface area contributed by atoms with Crippen molar-refractivity contribution < 1.29 is 14.3 Å². The number of aromatic nitrogens is 3. The lowest BCUT2D eigenvalue weighted by atomic mass is 9.97. The zero-order valence-electron chi connectivity index (χ0n) is 22.4. The molecule has 0 bridgehead atoms. The van der Waals surface area contributed by atoms with E-state index in [2.05, 4.69) is 31.7 Å². The number of ether oxygens (including phenoxy) is 2. The number of primary amides is 1. The molecule has 5 rings (SSSR count). The molecule has 2 saturated heterocycles. The molecular formula is C28H33Cl2N7O3. The molecule has 3 aromatic rings. The second-order valence-electron chi connectivity index (χ2n) is 10.3. The van der Waals surface area contributed by atoms with Crippen LogP contribution in [0.4, 0.5) is 10.7 Å². The Hall–Kier alpha value is -3.18. The Morgan fingerprint density at radius 2 is 1.65 bits per heavy atom. The zero-order valence-corrected chi connectivity index (χ0v) is 23.9. The van der Waals surface area contributed by atoms with Gasteiger partial charge in [-0.3, -0.25) is 4.90 Å². The van der Waals surface area contributed by atoms with E-state index in [1.54, 1.807) is 18.5 Å². The highest BCUT2D eigenvalue weighted by molar-refractivity contribution is 6.35. The summed E-state index contributed by atoms with van der Waals surface area (Å²) in [5.74, 6) is 1.95. The van der Waals surface area contributed by atoms with Crippen molar-refractivity contribution in [1.82, 2.24) is 24.8 Å². The van der Waals surface area contributed by atoms with Crippen LogP contribution in [0.2, 0.25) is 10.0 Å². The fourth-order valence-electron chi connectivity index (χ4n) is 4.97. The number of piperidine rings is 1. The van der Waals surface area contributed by atoms with Crippen molar-refractivity contribution in [2.24, 2.45) is 11.7 Å². The maximum Gasteiger partial charge on any atom is 0.404 e. The van der Waals surface area contributed by atoms with Crippen LogP contribution < -0.4 is 15.4 Å². The highest BCUT2D eigenvalue weighted by Crippen LogP contribution is 2.31. The molecule has 10 nitrogen and oxygen atoms in total. The number of hydrogen-bond acceptors (Lipinski definition) is 9. The molecule has 1 amide bonds. The van der Waals surface area contributed by atoms with E-state index in [0.717, 1.165) is 63.2 Å². The number of likely N-dealkylation sites (N-methyl/N-ethyl adjacent to an activating group) is 1. The average molecular weight is 587 g/mol. The summed E-state index contributed by atoms with van der Waals surface area (Å²) >= 11 is 12.6. The summed E-state index contributed by atoms with van der Waals surface area (Å²) in [7, 11) is 2.12. The van der Waals surface area contributed by atoms with Crippen LogP contribution in [-0.4, -0.2) is 83.8 Å². The van der Waals surface area contributed by atoms with Crippen molar-refractivity contribution in [3.8, 4) is 22.9 Å². The first-order valence-corrected chi connectivity index (χ1v) is 14.1. The van der Waals surface area contributed by atoms with Gasteiger partial charge in [-0.05, 0) is 68.7 Å². The average Bonchev–Trinajstić information content (AvgIpc) is 2.93. The number of halogens is 2. The molecule has 0 spiro atoms. The smallest absolute Gasteiger partial charge is 0.404 e. The second-order valence-corrected chi connectivity index (χ2v) is 11.2. The number of benzene rings is 1. The van der Waals surface area contributed by atoms with E-state index in [1.807, 2.05) is 24.3 Å². The minimum absolute atomic E-state index is 0.318. The number of pyridine rings is 1. The Bertz CT molecular complexity index is 1290. The van der Waals surface area contributed by atoms with E-state index < -0.39 is 6.09 Å². The van der Waals surface area contributed by atoms with Crippen LogP contribution in [0.25, 0.3) is 11.3 Å². The Kier molecular flexibility index (Phi) is 9.21. The van der Waals surface area contributed by atoms with Crippen molar-refractivity contribution >= 4 is 35.2 Å². The Morgan fingerprint density at radius 3 is 2.30 bits per heavy atom. The highest BCUT2D eigenvalue weighted by atomic mass is 35.5. The fraction of sp³-hybridized carbons (Fsp3) is 0.429. The first kappa shape index (κ1) is 28.4. The van der Waals surface area contributed by atoms with Crippen molar-refractivity contribution in [2.75, 3.05) is 57.8 Å². The number of piperazine rings is 1. The molecule has 2 aromatic heterocycles. The molecule has 40 heavy (non-hydrogen) atoms. The quantitative estimate of drug-likeness (QED) is 0.402. The van der Waals surface area contributed by atoms with Gasteiger partial charge in [-0.15, -0.1) is 0 Å². The third-order valence-corrected chi connectivity index (χ3v) is 7.65. The molecule has 2 N–H and O–H groups in total. The number of rotatable bonds is 8. The predicted octanol–water partition coefficient (Wildman–Crippen LogP) is 4.70. The number of nitrogens with zero attached hydrogens (tertiary/aromatic N) is 6. The number of nitrogens with two attached hydrogens (primary N) is 1. The summed E-state index contributed by atoms with van der Waals surface area (Å²) in [6, 6.07) is 9.33. The molecule has 12 heteroatoms. The van der Waals surface area contributed by atoms with Gasteiger partial charge >= 0.3 is 6.09 Å². The van der Waals surface area contributed by atoms with Crippen molar-refractivity contribution in [1.29, 1.82) is 0 Å². The number of anilines is 1. The van der Waals surface area contributed by atoms with Crippen LogP contribution in [0.15, 0.2) is 42.7 Å². The van der Waals surface area contributed by atoms with E-state index in [9.17, 15) is 4.79 Å². The topological polar surface area (TPSA) is 110 Å². The molecule has 4 heterocycles. The van der Waals surface area contributed by atoms with Gasteiger partial charge in [-0.2, -0.15) is 0 Å². The lowest BCUT2D eigenvalue weighted by Crippen LogP contribution is -2.45. The summed E-state index contributed by atoms with van der Waals surface area (Å²) in [6.07, 6.45) is 4.50. The van der Waals surface area contributed by atoms with Gasteiger partial charge in [0.25, 0.3) is 0 Å². The van der Waals surface area contributed by atoms with Crippen molar-refractivity contribution in [2.45, 2.75) is 19.4 Å². The maximum absolute atomic E-state index is 10.9. The van der Waals surface area contributed by atoms with Crippen LogP contribution in [0.3, 0.4) is 0 Å². The summed E-state index contributed by atoms with van der Waals surface area (Å²) < 4.78 is 11.2. The predicted molar refractivity (Wildman–Crippen MR) is 155 cm³/mol. The Balaban J connectivity index is 1.32. The lowest BCUT2D eigenvalue weighted by molar-refractivity contribution is 0.1000. The largest absolute Gasteiger partial charge is 0.449 e. The Labute approximate surface area is 244 Å². The molecule has 1 aromatic carbocycles. The molecule has 2 fully saturated rings. The van der Waals surface area contributed by atoms with Gasteiger partial charge in [-0.25, -0.2) is 19.7 Å². The van der Waals surface area contributed by atoms with Gasteiger partial charge in [0.05, 0.1) is 24.7 Å². The SMILES string of the molecule is CN1CCN(c2ncc(Oc3cc(CN4CCC(COC(N)=O)CC4)cc(-c4cc(Cl)cc(Cl)c4)n3)cn2)CC1. The maximum atomic E-state index is 10.9. The molecule has 0 saturated carbocycles. The molecule has 0 radical (unpaired) electrons. The first-order valence-electron chi connectivity index (χ1n) is 13.4. The fourth-order valence-corrected chi connectivity index (χ4v) is 5.50. The van der Waals surface area contributed by atoms with E-state index in [1.165, 1.54) is 0 Å². The Morgan fingerprint density at radius 1 is 0.975 bits per heavy atom. The lowest BCUT2D eigenvalue weighted by Gasteiger charge is -2.32. The van der Waals surface area contributed by atoms with Gasteiger partial charge in [0.1, 0.15) is 0 Å². The zero-order chi connectivity index (χ0) is 28.1. The van der Waals surface area contributed by atoms with Crippen LogP contribution in [0.5, 0.6) is 11.6 Å². The van der Waals surface area contributed by atoms with Gasteiger partial charge in [0, 0.05) is 54.4 Å². The van der Waals surface area contributed by atoms with Crippen molar-refractivity contribution in [3.05, 3.63) is 58.3 Å². The van der Waals surface area contributed by atoms with Crippen LogP contribution >= 0.6 is 23.2 Å². The first-order chi connectivity index (χ1) is 19.3. The number of carbonyl (C=O) groups excluding carboxylic acids is 1. The normalized spacial score (nSPS) is 17.1. The van der Waals surface area contributed by atoms with Crippen LogP contribution in [0.1, 0.15) is 18.4 Å². The molecule has 0 atom stereocenters. The molecule has 2 aliphatic rings. The molecular weight excluding hydrogens is 553 g/mol. The third kappa shape index (κ3) is 7.72. The van der Waals surface area contributed by atoms with Crippen LogP contribution in [-0.2, 0) is 11.3 Å². The summed E-state index contributed by atoms with van der Waals surface area (Å²) in [5, 5.41) is 1.07. The monoisotopic (exact) mass is 585 g/mol. The molecule has 0 unspecified atom stereocenters. The highest BCUT2D eigenvalue weighted by Gasteiger charge is 2.21. The molecule has 2 aliphatic heterocycles. The van der Waals surface area contributed by atoms with Crippen molar-refractivity contribution in [3.63, 3.8) is 0 Å². The van der Waals surface area contributed by atoms with E-state index in [-0.39, 0.29) is 0 Å². The van der Waals surface area contributed by atoms with E-state index in [0.29, 0.717) is 52.4 Å². The van der Waals surface area contributed by atoms with Gasteiger partial charge < -0.3 is 25.0 Å². The minimum atomic E-state index is -0.722. The third-order valence-electron chi connectivity index (χ3n) is 7.22. The summed E-state index contributed by atoms with van der Waals surface area (Å²) in [5.41, 5.74) is 7.66. The number of amides is 1.